The normalized spacial score (nSPS) is 10.4. The maximum atomic E-state index is 6.20. The lowest BCUT2D eigenvalue weighted by molar-refractivity contribution is 0.394. The zero-order chi connectivity index (χ0) is 21.1. The Labute approximate surface area is 176 Å². The van der Waals surface area contributed by atoms with Crippen LogP contribution in [0.4, 0.5) is 0 Å². The molecule has 0 unspecified atom stereocenters. The molecule has 30 heavy (non-hydrogen) atoms. The van der Waals surface area contributed by atoms with E-state index in [1.807, 2.05) is 54.6 Å². The Morgan fingerprint density at radius 2 is 1.37 bits per heavy atom. The zero-order valence-electron chi connectivity index (χ0n) is 17.4. The van der Waals surface area contributed by atoms with Crippen LogP contribution in [-0.2, 0) is 0 Å². The fraction of sp³-hybridized carbons (Fsp3) is 0.154. The van der Waals surface area contributed by atoms with Crippen molar-refractivity contribution in [1.82, 2.24) is 0 Å². The van der Waals surface area contributed by atoms with E-state index in [0.717, 1.165) is 44.7 Å². The number of hydrogen-bond donors (Lipinski definition) is 0. The summed E-state index contributed by atoms with van der Waals surface area (Å²) in [5.74, 6) is 9.49. The maximum absolute atomic E-state index is 6.20. The highest BCUT2D eigenvalue weighted by Crippen LogP contribution is 2.34. The number of methoxy groups -OCH3 is 3. The minimum absolute atomic E-state index is 0.696. The van der Waals surface area contributed by atoms with E-state index in [-0.39, 0.29) is 0 Å². The lowest BCUT2D eigenvalue weighted by Crippen LogP contribution is -1.89. The monoisotopic (exact) mass is 398 g/mol. The van der Waals surface area contributed by atoms with Crippen molar-refractivity contribution in [2.24, 2.45) is 0 Å². The predicted octanol–water partition coefficient (Wildman–Crippen LogP) is 5.83. The molecule has 4 nitrogen and oxygen atoms in total. The zero-order valence-corrected chi connectivity index (χ0v) is 17.4. The van der Waals surface area contributed by atoms with Gasteiger partial charge >= 0.3 is 0 Å². The second kappa shape index (κ2) is 8.26. The summed E-state index contributed by atoms with van der Waals surface area (Å²) in [5, 5.41) is 0.989. The van der Waals surface area contributed by atoms with E-state index in [0.29, 0.717) is 11.5 Å². The molecule has 1 heterocycles. The Hall–Kier alpha value is -3.84. The molecule has 4 aromatic rings. The van der Waals surface area contributed by atoms with Gasteiger partial charge in [0, 0.05) is 22.6 Å². The highest BCUT2D eigenvalue weighted by atomic mass is 16.5. The van der Waals surface area contributed by atoms with Gasteiger partial charge in [-0.3, -0.25) is 0 Å². The Morgan fingerprint density at radius 1 is 0.700 bits per heavy atom. The molecule has 0 radical (unpaired) electrons. The molecule has 0 aliphatic rings. The number of ether oxygens (including phenoxy) is 3. The molecule has 0 aliphatic heterocycles. The van der Waals surface area contributed by atoms with Crippen LogP contribution in [0.5, 0.6) is 17.2 Å². The van der Waals surface area contributed by atoms with E-state index in [1.165, 1.54) is 0 Å². The maximum Gasteiger partial charge on any atom is 0.151 e. The summed E-state index contributed by atoms with van der Waals surface area (Å²) < 4.78 is 22.2. The van der Waals surface area contributed by atoms with Crippen LogP contribution in [0.15, 0.2) is 65.1 Å². The van der Waals surface area contributed by atoms with Gasteiger partial charge in [0.25, 0.3) is 0 Å². The number of furan rings is 1. The summed E-state index contributed by atoms with van der Waals surface area (Å²) in [7, 11) is 4.90. The lowest BCUT2D eigenvalue weighted by atomic mass is 10.0. The van der Waals surface area contributed by atoms with Crippen molar-refractivity contribution in [3.05, 3.63) is 77.4 Å². The van der Waals surface area contributed by atoms with Gasteiger partial charge < -0.3 is 18.6 Å². The van der Waals surface area contributed by atoms with Gasteiger partial charge in [-0.15, -0.1) is 0 Å². The molecule has 0 atom stereocenters. The van der Waals surface area contributed by atoms with E-state index in [4.69, 9.17) is 18.6 Å². The topological polar surface area (TPSA) is 40.8 Å². The molecule has 0 fully saturated rings. The van der Waals surface area contributed by atoms with Crippen LogP contribution in [-0.4, -0.2) is 21.3 Å². The molecule has 0 bridgehead atoms. The molecule has 4 heteroatoms. The molecule has 0 saturated heterocycles. The van der Waals surface area contributed by atoms with E-state index >= 15 is 0 Å². The first kappa shape index (κ1) is 19.5. The van der Waals surface area contributed by atoms with Gasteiger partial charge in [-0.05, 0) is 55.5 Å². The fourth-order valence-electron chi connectivity index (χ4n) is 3.30. The third kappa shape index (κ3) is 3.83. The predicted molar refractivity (Wildman–Crippen MR) is 118 cm³/mol. The van der Waals surface area contributed by atoms with Crippen LogP contribution in [0, 0.1) is 18.8 Å². The summed E-state index contributed by atoms with van der Waals surface area (Å²) in [5.41, 5.74) is 4.54. The summed E-state index contributed by atoms with van der Waals surface area (Å²) >= 11 is 0. The van der Waals surface area contributed by atoms with E-state index in [2.05, 4.69) is 24.8 Å². The first-order valence-electron chi connectivity index (χ1n) is 9.54. The van der Waals surface area contributed by atoms with Gasteiger partial charge in [-0.25, -0.2) is 0 Å². The number of fused-ring (bicyclic) bond motifs is 1. The van der Waals surface area contributed by atoms with E-state index in [9.17, 15) is 0 Å². The van der Waals surface area contributed by atoms with Gasteiger partial charge in [0.05, 0.1) is 26.9 Å². The minimum Gasteiger partial charge on any atom is -0.497 e. The number of rotatable bonds is 4. The van der Waals surface area contributed by atoms with Crippen LogP contribution >= 0.6 is 0 Å². The summed E-state index contributed by atoms with van der Waals surface area (Å²) in [6.45, 7) is 2.06. The van der Waals surface area contributed by atoms with Crippen molar-refractivity contribution in [3.8, 4) is 40.4 Å². The van der Waals surface area contributed by atoms with Gasteiger partial charge in [0.15, 0.2) is 5.76 Å². The Balaban J connectivity index is 1.88. The highest BCUT2D eigenvalue weighted by molar-refractivity contribution is 5.92. The molecule has 0 amide bonds. The lowest BCUT2D eigenvalue weighted by Gasteiger charge is -2.04. The third-order valence-corrected chi connectivity index (χ3v) is 4.88. The molecule has 150 valence electrons. The van der Waals surface area contributed by atoms with E-state index in [1.54, 1.807) is 21.3 Å². The molecule has 4 rings (SSSR count). The minimum atomic E-state index is 0.696. The van der Waals surface area contributed by atoms with Crippen LogP contribution < -0.4 is 14.2 Å². The Kier molecular flexibility index (Phi) is 5.36. The molecule has 3 aromatic carbocycles. The average Bonchev–Trinajstić information content (AvgIpc) is 3.15. The van der Waals surface area contributed by atoms with Crippen molar-refractivity contribution in [1.29, 1.82) is 0 Å². The van der Waals surface area contributed by atoms with E-state index < -0.39 is 0 Å². The van der Waals surface area contributed by atoms with Crippen LogP contribution in [0.25, 0.3) is 22.3 Å². The average molecular weight is 398 g/mol. The first-order valence-corrected chi connectivity index (χ1v) is 9.54. The van der Waals surface area contributed by atoms with Crippen molar-refractivity contribution in [2.75, 3.05) is 21.3 Å². The van der Waals surface area contributed by atoms with Crippen molar-refractivity contribution < 1.29 is 18.6 Å². The van der Waals surface area contributed by atoms with Gasteiger partial charge in [-0.2, -0.15) is 0 Å². The van der Waals surface area contributed by atoms with Crippen molar-refractivity contribution in [2.45, 2.75) is 6.92 Å². The fourth-order valence-corrected chi connectivity index (χ4v) is 3.30. The number of benzene rings is 3. The molecule has 0 aliphatic carbocycles. The summed E-state index contributed by atoms with van der Waals surface area (Å²) in [4.78, 5) is 0. The quantitative estimate of drug-likeness (QED) is 0.405. The number of aryl methyl sites for hydroxylation is 1. The van der Waals surface area contributed by atoms with Gasteiger partial charge in [0.2, 0.25) is 0 Å². The molecule has 0 N–H and O–H groups in total. The van der Waals surface area contributed by atoms with Crippen molar-refractivity contribution >= 4 is 11.0 Å². The van der Waals surface area contributed by atoms with Crippen LogP contribution in [0.1, 0.15) is 16.7 Å². The largest absolute Gasteiger partial charge is 0.497 e. The summed E-state index contributed by atoms with van der Waals surface area (Å²) in [6.07, 6.45) is 0. The summed E-state index contributed by atoms with van der Waals surface area (Å²) in [6, 6.07) is 19.5. The molecular weight excluding hydrogens is 376 g/mol. The molecule has 0 spiro atoms. The smallest absolute Gasteiger partial charge is 0.151 e. The van der Waals surface area contributed by atoms with Crippen LogP contribution in [0.3, 0.4) is 0 Å². The Bertz CT molecular complexity index is 1230. The SMILES string of the molecule is COc1ccc(-c2oc3ccc(C)cc3c2C#Cc2cc(OC)cc(OC)c2)cc1. The number of hydrogen-bond acceptors (Lipinski definition) is 4. The van der Waals surface area contributed by atoms with Gasteiger partial charge in [-0.1, -0.05) is 23.5 Å². The second-order valence-corrected chi connectivity index (χ2v) is 6.89. The van der Waals surface area contributed by atoms with Gasteiger partial charge in [0.1, 0.15) is 22.8 Å². The standard InChI is InChI=1S/C26H22O4/c1-17-5-12-25-24(13-17)23(26(30-25)19-7-9-20(27-2)10-8-19)11-6-18-14-21(28-3)16-22(15-18)29-4/h5,7-10,12-16H,1-4H3. The third-order valence-electron chi connectivity index (χ3n) is 4.88. The highest BCUT2D eigenvalue weighted by Gasteiger charge is 2.15. The van der Waals surface area contributed by atoms with Crippen molar-refractivity contribution in [3.63, 3.8) is 0 Å². The molecular formula is C26H22O4. The second-order valence-electron chi connectivity index (χ2n) is 6.89. The van der Waals surface area contributed by atoms with Crippen LogP contribution in [0.2, 0.25) is 0 Å². The molecule has 0 saturated carbocycles. The Morgan fingerprint density at radius 3 is 2.00 bits per heavy atom. The first-order chi connectivity index (χ1) is 14.6. The molecule has 1 aromatic heterocycles.